The van der Waals surface area contributed by atoms with Gasteiger partial charge in [0.2, 0.25) is 0 Å². The molecule has 0 aromatic heterocycles. The molecule has 1 aromatic rings. The number of carbonyl (C=O) groups excluding carboxylic acids is 1. The van der Waals surface area contributed by atoms with Crippen LogP contribution in [0.15, 0.2) is 22.7 Å². The van der Waals surface area contributed by atoms with Crippen molar-refractivity contribution in [1.82, 2.24) is 0 Å². The van der Waals surface area contributed by atoms with E-state index >= 15 is 0 Å². The first kappa shape index (κ1) is 11.7. The van der Waals surface area contributed by atoms with Crippen LogP contribution in [0.3, 0.4) is 0 Å². The van der Waals surface area contributed by atoms with Crippen molar-refractivity contribution >= 4 is 60.2 Å². The summed E-state index contributed by atoms with van der Waals surface area (Å²) < 4.78 is 2.13. The van der Waals surface area contributed by atoms with Crippen molar-refractivity contribution in [2.24, 2.45) is 0 Å². The van der Waals surface area contributed by atoms with E-state index in [1.165, 1.54) is 0 Å². The second kappa shape index (κ2) is 5.46. The zero-order valence-corrected chi connectivity index (χ0v) is 12.0. The maximum atomic E-state index is 11.2. The number of hydrogen-bond donors (Lipinski definition) is 0. The van der Waals surface area contributed by atoms with E-state index in [1.54, 1.807) is 0 Å². The van der Waals surface area contributed by atoms with Gasteiger partial charge in [0.05, 0.1) is 5.33 Å². The molecule has 0 fully saturated rings. The van der Waals surface area contributed by atoms with Crippen molar-refractivity contribution in [3.05, 3.63) is 31.8 Å². The van der Waals surface area contributed by atoms with Gasteiger partial charge in [-0.3, -0.25) is 4.79 Å². The van der Waals surface area contributed by atoms with E-state index in [0.29, 0.717) is 11.8 Å². The lowest BCUT2D eigenvalue weighted by Gasteiger charge is -2.04. The van der Waals surface area contributed by atoms with Gasteiger partial charge >= 0.3 is 0 Å². The Morgan fingerprint density at radius 3 is 2.69 bits per heavy atom. The van der Waals surface area contributed by atoms with Gasteiger partial charge in [0.1, 0.15) is 5.78 Å². The van der Waals surface area contributed by atoms with Gasteiger partial charge in [-0.05, 0) is 40.3 Å². The minimum Gasteiger partial charge on any atom is -0.298 e. The summed E-state index contributed by atoms with van der Waals surface area (Å²) in [6.07, 6.45) is 0.491. The molecule has 1 rings (SSSR count). The molecule has 0 aliphatic rings. The highest BCUT2D eigenvalue weighted by Gasteiger charge is 2.08. The number of ketones is 1. The fourth-order valence-corrected chi connectivity index (χ4v) is 2.71. The van der Waals surface area contributed by atoms with E-state index in [2.05, 4.69) is 54.5 Å². The standard InChI is InChI=1S/C9H7Br2IO/c10-5-6(13)4-7-8(11)2-1-3-9(7)12/h1-3H,4-5H2. The summed E-state index contributed by atoms with van der Waals surface area (Å²) in [6.45, 7) is 0. The first-order valence-corrected chi connectivity index (χ1v) is 6.65. The average Bonchev–Trinajstić information content (AvgIpc) is 2.11. The maximum Gasteiger partial charge on any atom is 0.147 e. The number of rotatable bonds is 3. The van der Waals surface area contributed by atoms with Gasteiger partial charge in [-0.15, -0.1) is 0 Å². The van der Waals surface area contributed by atoms with Crippen LogP contribution in [-0.4, -0.2) is 11.1 Å². The summed E-state index contributed by atoms with van der Waals surface area (Å²) in [5, 5.41) is 0.421. The number of halogens is 3. The van der Waals surface area contributed by atoms with Gasteiger partial charge in [-0.25, -0.2) is 0 Å². The van der Waals surface area contributed by atoms with E-state index in [9.17, 15) is 4.79 Å². The highest BCUT2D eigenvalue weighted by molar-refractivity contribution is 14.1. The second-order valence-electron chi connectivity index (χ2n) is 2.55. The van der Waals surface area contributed by atoms with Crippen molar-refractivity contribution in [3.8, 4) is 0 Å². The fraction of sp³-hybridized carbons (Fsp3) is 0.222. The van der Waals surface area contributed by atoms with E-state index < -0.39 is 0 Å². The third-order valence-electron chi connectivity index (χ3n) is 1.58. The van der Waals surface area contributed by atoms with Crippen LogP contribution in [0.2, 0.25) is 0 Å². The number of alkyl halides is 1. The van der Waals surface area contributed by atoms with Crippen LogP contribution in [0.5, 0.6) is 0 Å². The SMILES string of the molecule is O=C(CBr)Cc1c(Br)cccc1I. The minimum atomic E-state index is 0.199. The summed E-state index contributed by atoms with van der Waals surface area (Å²) in [4.78, 5) is 11.2. The maximum absolute atomic E-state index is 11.2. The largest absolute Gasteiger partial charge is 0.298 e. The van der Waals surface area contributed by atoms with Gasteiger partial charge < -0.3 is 0 Å². The third-order valence-corrected chi connectivity index (χ3v) is 3.96. The molecule has 0 aliphatic heterocycles. The Balaban J connectivity index is 2.93. The van der Waals surface area contributed by atoms with Crippen LogP contribution in [-0.2, 0) is 11.2 Å². The quantitative estimate of drug-likeness (QED) is 0.543. The normalized spacial score (nSPS) is 10.1. The van der Waals surface area contributed by atoms with E-state index in [-0.39, 0.29) is 5.78 Å². The lowest BCUT2D eigenvalue weighted by atomic mass is 10.1. The van der Waals surface area contributed by atoms with Crippen molar-refractivity contribution in [2.75, 3.05) is 5.33 Å². The van der Waals surface area contributed by atoms with Gasteiger partial charge in [-0.2, -0.15) is 0 Å². The van der Waals surface area contributed by atoms with Gasteiger partial charge in [0, 0.05) is 14.5 Å². The molecule has 1 nitrogen and oxygen atoms in total. The first-order chi connectivity index (χ1) is 6.15. The average molecular weight is 418 g/mol. The topological polar surface area (TPSA) is 17.1 Å². The molecule has 0 aliphatic carbocycles. The summed E-state index contributed by atoms with van der Waals surface area (Å²) >= 11 is 8.82. The molecule has 0 saturated heterocycles. The Hall–Kier alpha value is 0.580. The van der Waals surface area contributed by atoms with Crippen molar-refractivity contribution in [3.63, 3.8) is 0 Å². The molecule has 0 N–H and O–H groups in total. The Morgan fingerprint density at radius 1 is 1.46 bits per heavy atom. The smallest absolute Gasteiger partial charge is 0.147 e. The van der Waals surface area contributed by atoms with Crippen LogP contribution >= 0.6 is 54.5 Å². The van der Waals surface area contributed by atoms with Crippen LogP contribution < -0.4 is 0 Å². The lowest BCUT2D eigenvalue weighted by molar-refractivity contribution is -0.115. The summed E-state index contributed by atoms with van der Waals surface area (Å²) in [5.41, 5.74) is 1.08. The van der Waals surface area contributed by atoms with Crippen LogP contribution in [0, 0.1) is 3.57 Å². The Kier molecular flexibility index (Phi) is 4.89. The monoisotopic (exact) mass is 416 g/mol. The summed E-state index contributed by atoms with van der Waals surface area (Å²) in [6, 6.07) is 5.93. The fourth-order valence-electron chi connectivity index (χ4n) is 0.946. The van der Waals surface area contributed by atoms with E-state index in [1.807, 2.05) is 18.2 Å². The predicted octanol–water partition coefficient (Wildman–Crippen LogP) is 3.56. The first-order valence-electron chi connectivity index (χ1n) is 3.65. The third kappa shape index (κ3) is 3.32. The second-order valence-corrected chi connectivity index (χ2v) is 5.13. The molecule has 0 amide bonds. The minimum absolute atomic E-state index is 0.199. The molecule has 0 heterocycles. The molecule has 13 heavy (non-hydrogen) atoms. The Morgan fingerprint density at radius 2 is 2.15 bits per heavy atom. The predicted molar refractivity (Wildman–Crippen MR) is 69.4 cm³/mol. The number of benzene rings is 1. The van der Waals surface area contributed by atoms with Crippen LogP contribution in [0.4, 0.5) is 0 Å². The molecule has 0 radical (unpaired) electrons. The van der Waals surface area contributed by atoms with Crippen LogP contribution in [0.1, 0.15) is 5.56 Å². The molecular formula is C9H7Br2IO. The van der Waals surface area contributed by atoms with Crippen molar-refractivity contribution in [1.29, 1.82) is 0 Å². The van der Waals surface area contributed by atoms with Crippen molar-refractivity contribution < 1.29 is 4.79 Å². The summed E-state index contributed by atoms with van der Waals surface area (Å²) in [7, 11) is 0. The van der Waals surface area contributed by atoms with E-state index in [4.69, 9.17) is 0 Å². The molecule has 0 spiro atoms. The molecule has 0 saturated carbocycles. The zero-order valence-electron chi connectivity index (χ0n) is 6.69. The number of hydrogen-bond acceptors (Lipinski definition) is 1. The molecule has 1 aromatic carbocycles. The summed E-state index contributed by atoms with van der Waals surface area (Å²) in [5.74, 6) is 0.199. The highest BCUT2D eigenvalue weighted by Crippen LogP contribution is 2.22. The molecule has 0 bridgehead atoms. The number of Topliss-reactive ketones (excluding diaryl/α,β-unsaturated/α-hetero) is 1. The van der Waals surface area contributed by atoms with E-state index in [0.717, 1.165) is 13.6 Å². The van der Waals surface area contributed by atoms with Gasteiger partial charge in [0.15, 0.2) is 0 Å². The molecule has 70 valence electrons. The Bertz CT molecular complexity index is 305. The van der Waals surface area contributed by atoms with Crippen molar-refractivity contribution in [2.45, 2.75) is 6.42 Å². The Labute approximate surface area is 108 Å². The molecule has 0 atom stereocenters. The molecular weight excluding hydrogens is 411 g/mol. The highest BCUT2D eigenvalue weighted by atomic mass is 127. The number of carbonyl (C=O) groups is 1. The molecule has 0 unspecified atom stereocenters. The lowest BCUT2D eigenvalue weighted by Crippen LogP contribution is -2.05. The van der Waals surface area contributed by atoms with Crippen LogP contribution in [0.25, 0.3) is 0 Å². The molecule has 4 heteroatoms. The van der Waals surface area contributed by atoms with Gasteiger partial charge in [0.25, 0.3) is 0 Å². The zero-order chi connectivity index (χ0) is 9.84. The van der Waals surface area contributed by atoms with Gasteiger partial charge in [-0.1, -0.05) is 37.9 Å².